The molecule has 0 atom stereocenters. The molecular formula is C21H23N5O3S2. The number of thioether (sulfide) groups is 1. The average molecular weight is 458 g/mol. The summed E-state index contributed by atoms with van der Waals surface area (Å²) in [4.78, 5) is 22.3. The third-order valence-corrected chi connectivity index (χ3v) is 6.54. The molecule has 0 saturated heterocycles. The first kappa shape index (κ1) is 22.7. The largest absolute Gasteiger partial charge is 0.383 e. The van der Waals surface area contributed by atoms with Crippen molar-refractivity contribution in [1.82, 2.24) is 9.55 Å². The number of amidine groups is 1. The van der Waals surface area contributed by atoms with E-state index in [1.807, 2.05) is 32.0 Å². The van der Waals surface area contributed by atoms with Crippen LogP contribution in [0, 0.1) is 13.8 Å². The van der Waals surface area contributed by atoms with E-state index in [-0.39, 0.29) is 21.9 Å². The fourth-order valence-corrected chi connectivity index (χ4v) is 4.16. The lowest BCUT2D eigenvalue weighted by atomic mass is 10.1. The summed E-state index contributed by atoms with van der Waals surface area (Å²) in [6, 6.07) is 11.6. The maximum Gasteiger partial charge on any atom is 0.270 e. The molecule has 4 N–H and O–H groups in total. The summed E-state index contributed by atoms with van der Waals surface area (Å²) in [6.45, 7) is 3.94. The third kappa shape index (κ3) is 4.41. The maximum atomic E-state index is 13.6. The second-order valence-electron chi connectivity index (χ2n) is 6.91. The minimum absolute atomic E-state index is 0.0274. The van der Waals surface area contributed by atoms with E-state index in [0.717, 1.165) is 11.1 Å². The molecule has 0 saturated carbocycles. The van der Waals surface area contributed by atoms with Gasteiger partial charge in [-0.05, 0) is 67.6 Å². The molecule has 0 aliphatic carbocycles. The van der Waals surface area contributed by atoms with Crippen molar-refractivity contribution in [2.45, 2.75) is 23.8 Å². The summed E-state index contributed by atoms with van der Waals surface area (Å²) in [5.41, 5.74) is 9.14. The van der Waals surface area contributed by atoms with Crippen LogP contribution in [0.25, 0.3) is 17.1 Å². The minimum atomic E-state index is -3.84. The zero-order chi connectivity index (χ0) is 22.9. The molecule has 0 aliphatic heterocycles. The number of sulfonamides is 1. The van der Waals surface area contributed by atoms with Crippen molar-refractivity contribution >= 4 is 27.6 Å². The quantitative estimate of drug-likeness (QED) is 0.261. The van der Waals surface area contributed by atoms with E-state index >= 15 is 0 Å². The smallest absolute Gasteiger partial charge is 0.270 e. The first-order chi connectivity index (χ1) is 14.6. The highest BCUT2D eigenvalue weighted by Gasteiger charge is 2.21. The first-order valence-corrected chi connectivity index (χ1v) is 12.0. The van der Waals surface area contributed by atoms with Gasteiger partial charge in [0.25, 0.3) is 5.56 Å². The number of aromatic nitrogens is 2. The van der Waals surface area contributed by atoms with Crippen molar-refractivity contribution < 1.29 is 8.42 Å². The highest BCUT2D eigenvalue weighted by molar-refractivity contribution is 7.98. The average Bonchev–Trinajstić information content (AvgIpc) is 2.74. The predicted octanol–water partition coefficient (Wildman–Crippen LogP) is 2.22. The van der Waals surface area contributed by atoms with Gasteiger partial charge < -0.3 is 5.73 Å². The van der Waals surface area contributed by atoms with Crippen LogP contribution >= 0.6 is 11.8 Å². The lowest BCUT2D eigenvalue weighted by molar-refractivity contribution is 0.598. The van der Waals surface area contributed by atoms with Gasteiger partial charge in [0, 0.05) is 12.6 Å². The van der Waals surface area contributed by atoms with E-state index in [0.29, 0.717) is 22.1 Å². The van der Waals surface area contributed by atoms with Gasteiger partial charge in [0.05, 0.1) is 10.6 Å². The van der Waals surface area contributed by atoms with Crippen molar-refractivity contribution in [3.05, 3.63) is 69.5 Å². The van der Waals surface area contributed by atoms with Crippen molar-refractivity contribution in [3.63, 3.8) is 0 Å². The fourth-order valence-electron chi connectivity index (χ4n) is 3.07. The van der Waals surface area contributed by atoms with Gasteiger partial charge in [-0.25, -0.2) is 18.5 Å². The molecule has 31 heavy (non-hydrogen) atoms. The van der Waals surface area contributed by atoms with Crippen LogP contribution in [0.1, 0.15) is 16.7 Å². The molecule has 1 heterocycles. The molecule has 0 bridgehead atoms. The van der Waals surface area contributed by atoms with E-state index in [2.05, 4.69) is 4.99 Å². The van der Waals surface area contributed by atoms with Crippen molar-refractivity contribution in [1.29, 1.82) is 0 Å². The van der Waals surface area contributed by atoms with Crippen LogP contribution in [0.3, 0.4) is 0 Å². The second-order valence-corrected chi connectivity index (χ2v) is 9.26. The van der Waals surface area contributed by atoms with E-state index in [9.17, 15) is 13.2 Å². The Morgan fingerprint density at radius 2 is 1.74 bits per heavy atom. The number of hydrogen-bond donors (Lipinski definition) is 2. The molecule has 3 aromatic rings. The van der Waals surface area contributed by atoms with Crippen LogP contribution in [0.15, 0.2) is 62.2 Å². The Morgan fingerprint density at radius 3 is 2.26 bits per heavy atom. The Labute approximate surface area is 185 Å². The molecule has 0 fully saturated rings. The molecule has 0 amide bonds. The van der Waals surface area contributed by atoms with Crippen molar-refractivity contribution in [2.75, 3.05) is 13.3 Å². The van der Waals surface area contributed by atoms with Crippen LogP contribution in [0.2, 0.25) is 0 Å². The van der Waals surface area contributed by atoms with Gasteiger partial charge in [-0.15, -0.1) is 11.8 Å². The summed E-state index contributed by atoms with van der Waals surface area (Å²) in [7, 11) is -2.33. The van der Waals surface area contributed by atoms with Gasteiger partial charge in [-0.1, -0.05) is 6.07 Å². The highest BCUT2D eigenvalue weighted by Crippen LogP contribution is 2.26. The fraction of sp³-hybridized carbons (Fsp3) is 0.190. The zero-order valence-corrected chi connectivity index (χ0v) is 19.2. The minimum Gasteiger partial charge on any atom is -0.383 e. The molecule has 10 heteroatoms. The van der Waals surface area contributed by atoms with Gasteiger partial charge in [0.15, 0.2) is 0 Å². The molecule has 1 aromatic heterocycles. The lowest BCUT2D eigenvalue weighted by Crippen LogP contribution is -2.32. The van der Waals surface area contributed by atoms with Crippen LogP contribution < -0.4 is 16.4 Å². The Hall–Kier alpha value is -2.95. The Kier molecular flexibility index (Phi) is 6.35. The summed E-state index contributed by atoms with van der Waals surface area (Å²) in [5.74, 6) is 0.446. The summed E-state index contributed by atoms with van der Waals surface area (Å²) < 4.78 is 24.7. The number of nitrogens with two attached hydrogens (primary N) is 2. The highest BCUT2D eigenvalue weighted by atomic mass is 32.2. The Bertz CT molecular complexity index is 1340. The monoisotopic (exact) mass is 457 g/mol. The van der Waals surface area contributed by atoms with Gasteiger partial charge in [-0.2, -0.15) is 0 Å². The van der Waals surface area contributed by atoms with Gasteiger partial charge in [-0.3, -0.25) is 14.4 Å². The molecule has 0 aliphatic rings. The van der Waals surface area contributed by atoms with Gasteiger partial charge in [0.1, 0.15) is 22.2 Å². The van der Waals surface area contributed by atoms with Crippen molar-refractivity contribution in [3.8, 4) is 17.1 Å². The van der Waals surface area contributed by atoms with Gasteiger partial charge >= 0.3 is 0 Å². The number of benzene rings is 2. The molecule has 0 radical (unpaired) electrons. The number of hydrogen-bond acceptors (Lipinski definition) is 6. The number of aliphatic imine (C=N–C) groups is 1. The van der Waals surface area contributed by atoms with Crippen LogP contribution in [-0.4, -0.2) is 37.1 Å². The standard InChI is InChI=1S/C21H23N5O3S2/c1-12-5-8-15(11-13(12)2)26-19(14-6-9-16(10-7-14)31(23,28)29)25-20(30-4)17(21(26)27)18(22)24-3/h5-11H,1-4H3,(H2,22,24)(H2,23,28,29). The zero-order valence-electron chi connectivity index (χ0n) is 17.6. The molecule has 3 rings (SSSR count). The van der Waals surface area contributed by atoms with E-state index in [4.69, 9.17) is 15.9 Å². The predicted molar refractivity (Wildman–Crippen MR) is 125 cm³/mol. The molecule has 0 spiro atoms. The van der Waals surface area contributed by atoms with Crippen LogP contribution in [0.4, 0.5) is 0 Å². The topological polar surface area (TPSA) is 133 Å². The number of rotatable bonds is 5. The molecule has 0 unspecified atom stereocenters. The number of aryl methyl sites for hydroxylation is 2. The number of primary sulfonamides is 1. The first-order valence-electron chi connectivity index (χ1n) is 9.23. The van der Waals surface area contributed by atoms with Crippen LogP contribution in [0.5, 0.6) is 0 Å². The maximum absolute atomic E-state index is 13.6. The Morgan fingerprint density at radius 1 is 1.10 bits per heavy atom. The second kappa shape index (κ2) is 8.66. The van der Waals surface area contributed by atoms with Crippen molar-refractivity contribution in [2.24, 2.45) is 15.9 Å². The molecule has 162 valence electrons. The summed E-state index contributed by atoms with van der Waals surface area (Å²) in [5, 5.41) is 5.64. The van der Waals surface area contributed by atoms with E-state index in [1.54, 1.807) is 18.4 Å². The van der Waals surface area contributed by atoms with Crippen LogP contribution in [-0.2, 0) is 10.0 Å². The van der Waals surface area contributed by atoms with E-state index in [1.165, 1.54) is 35.5 Å². The van der Waals surface area contributed by atoms with E-state index < -0.39 is 10.0 Å². The summed E-state index contributed by atoms with van der Waals surface area (Å²) >= 11 is 1.28. The third-order valence-electron chi connectivity index (χ3n) is 4.93. The normalized spacial score (nSPS) is 12.2. The summed E-state index contributed by atoms with van der Waals surface area (Å²) in [6.07, 6.45) is 1.79. The van der Waals surface area contributed by atoms with Gasteiger partial charge in [0.2, 0.25) is 10.0 Å². The molecular weight excluding hydrogens is 434 g/mol. The lowest BCUT2D eigenvalue weighted by Gasteiger charge is -2.17. The number of nitrogens with zero attached hydrogens (tertiary/aromatic N) is 3. The molecule has 2 aromatic carbocycles. The molecule has 8 nitrogen and oxygen atoms in total. The SMILES string of the molecule is CN=C(N)c1c(SC)nc(-c2ccc(S(N)(=O)=O)cc2)n(-c2ccc(C)c(C)c2)c1=O. The Balaban J connectivity index is 2.40.